The highest BCUT2D eigenvalue weighted by Gasteiger charge is 2.49. The summed E-state index contributed by atoms with van der Waals surface area (Å²) in [4.78, 5) is 44.6. The molecule has 3 unspecified atom stereocenters. The number of ether oxygens (including phenoxy) is 3. The molecule has 1 N–H and O–H groups in total. The Morgan fingerprint density at radius 2 is 1.78 bits per heavy atom. The molecule has 188 valence electrons. The lowest BCUT2D eigenvalue weighted by Crippen LogP contribution is -2.43. The number of hydrogen-bond donors (Lipinski definition) is 1. The quantitative estimate of drug-likeness (QED) is 0.462. The Bertz CT molecular complexity index is 1230. The molecular weight excluding hydrogens is 460 g/mol. The molecule has 0 radical (unpaired) electrons. The first-order valence-electron chi connectivity index (χ1n) is 12.0. The second kappa shape index (κ2) is 10.8. The van der Waals surface area contributed by atoms with E-state index in [0.717, 1.165) is 11.1 Å². The van der Waals surface area contributed by atoms with Crippen LogP contribution in [0.25, 0.3) is 0 Å². The number of methoxy groups -OCH3 is 1. The van der Waals surface area contributed by atoms with E-state index >= 15 is 0 Å². The summed E-state index contributed by atoms with van der Waals surface area (Å²) in [5.41, 5.74) is 3.54. The molecule has 1 aliphatic carbocycles. The van der Waals surface area contributed by atoms with Gasteiger partial charge < -0.3 is 19.5 Å². The van der Waals surface area contributed by atoms with E-state index in [0.29, 0.717) is 34.7 Å². The maximum Gasteiger partial charge on any atom is 0.336 e. The van der Waals surface area contributed by atoms with Crippen LogP contribution >= 0.6 is 0 Å². The minimum absolute atomic E-state index is 0.151. The van der Waals surface area contributed by atoms with Gasteiger partial charge in [-0.3, -0.25) is 14.6 Å². The van der Waals surface area contributed by atoms with Gasteiger partial charge in [0, 0.05) is 41.2 Å². The predicted molar refractivity (Wildman–Crippen MR) is 132 cm³/mol. The highest BCUT2D eigenvalue weighted by molar-refractivity contribution is 6.13. The Morgan fingerprint density at radius 1 is 1.06 bits per heavy atom. The van der Waals surface area contributed by atoms with E-state index in [4.69, 9.17) is 14.2 Å². The number of esters is 2. The summed E-state index contributed by atoms with van der Waals surface area (Å²) >= 11 is 0. The van der Waals surface area contributed by atoms with E-state index in [9.17, 15) is 14.4 Å². The fourth-order valence-corrected chi connectivity index (χ4v) is 5.09. The number of ketones is 1. The first-order valence-corrected chi connectivity index (χ1v) is 12.0. The molecule has 1 aromatic carbocycles. The van der Waals surface area contributed by atoms with Crippen molar-refractivity contribution in [3.05, 3.63) is 82.5 Å². The monoisotopic (exact) mass is 490 g/mol. The molecule has 36 heavy (non-hydrogen) atoms. The molecule has 1 aromatic heterocycles. The number of carbonyl (C=O) groups excluding carboxylic acids is 3. The Balaban J connectivity index is 1.88. The average Bonchev–Trinajstić information content (AvgIpc) is 2.88. The van der Waals surface area contributed by atoms with Crippen molar-refractivity contribution < 1.29 is 28.6 Å². The zero-order chi connectivity index (χ0) is 25.8. The fraction of sp³-hybridized carbons (Fsp3) is 0.357. The van der Waals surface area contributed by atoms with Crippen molar-refractivity contribution in [1.29, 1.82) is 0 Å². The van der Waals surface area contributed by atoms with Gasteiger partial charge in [-0.15, -0.1) is 0 Å². The summed E-state index contributed by atoms with van der Waals surface area (Å²) in [6.45, 7) is 5.59. The number of aromatic nitrogens is 1. The number of nitrogens with one attached hydrogen (secondary N) is 1. The smallest absolute Gasteiger partial charge is 0.336 e. The maximum absolute atomic E-state index is 14.2. The van der Waals surface area contributed by atoms with Crippen LogP contribution in [0.15, 0.2) is 71.3 Å². The number of benzene rings is 1. The summed E-state index contributed by atoms with van der Waals surface area (Å²) in [6, 6.07) is 10.9. The van der Waals surface area contributed by atoms with Crippen molar-refractivity contribution in [3.8, 4) is 5.75 Å². The van der Waals surface area contributed by atoms with Crippen molar-refractivity contribution >= 4 is 17.7 Å². The van der Waals surface area contributed by atoms with Crippen molar-refractivity contribution in [2.75, 3.05) is 20.3 Å². The molecule has 2 aromatic rings. The third-order valence-corrected chi connectivity index (χ3v) is 6.62. The SMILES string of the molecule is CCOC(=O)C1=C(C)NC2=C(C(=O)C(C(=O)OCC)C(c3cccc(OC)c3)C2)C1c1ccncc1. The number of rotatable bonds is 7. The van der Waals surface area contributed by atoms with Crippen LogP contribution in [-0.2, 0) is 23.9 Å². The molecule has 0 saturated heterocycles. The molecule has 4 rings (SSSR count). The second-order valence-electron chi connectivity index (χ2n) is 8.67. The lowest BCUT2D eigenvalue weighted by atomic mass is 9.67. The summed E-state index contributed by atoms with van der Waals surface area (Å²) in [6.07, 6.45) is 3.61. The summed E-state index contributed by atoms with van der Waals surface area (Å²) in [5, 5.41) is 3.30. The van der Waals surface area contributed by atoms with E-state index in [2.05, 4.69) is 10.3 Å². The van der Waals surface area contributed by atoms with E-state index in [1.807, 2.05) is 24.3 Å². The van der Waals surface area contributed by atoms with E-state index in [-0.39, 0.29) is 19.0 Å². The summed E-state index contributed by atoms with van der Waals surface area (Å²) < 4.78 is 16.1. The first kappa shape index (κ1) is 25.2. The van der Waals surface area contributed by atoms with Crippen molar-refractivity contribution in [1.82, 2.24) is 10.3 Å². The second-order valence-corrected chi connectivity index (χ2v) is 8.67. The minimum Gasteiger partial charge on any atom is -0.497 e. The van der Waals surface area contributed by atoms with Crippen LogP contribution in [0.2, 0.25) is 0 Å². The van der Waals surface area contributed by atoms with Gasteiger partial charge >= 0.3 is 11.9 Å². The molecule has 2 heterocycles. The molecule has 0 bridgehead atoms. The van der Waals surface area contributed by atoms with Gasteiger partial charge in [0.15, 0.2) is 5.78 Å². The molecule has 0 spiro atoms. The van der Waals surface area contributed by atoms with E-state index in [1.54, 1.807) is 52.4 Å². The van der Waals surface area contributed by atoms with Gasteiger partial charge in [0.05, 0.1) is 25.9 Å². The molecule has 0 fully saturated rings. The van der Waals surface area contributed by atoms with Crippen LogP contribution in [0.3, 0.4) is 0 Å². The van der Waals surface area contributed by atoms with Gasteiger partial charge in [-0.25, -0.2) is 4.79 Å². The Kier molecular flexibility index (Phi) is 7.52. The van der Waals surface area contributed by atoms with E-state index in [1.165, 1.54) is 0 Å². The molecule has 0 amide bonds. The average molecular weight is 491 g/mol. The van der Waals surface area contributed by atoms with Crippen molar-refractivity contribution in [3.63, 3.8) is 0 Å². The number of hydrogen-bond acceptors (Lipinski definition) is 8. The number of dihydropyridines is 1. The molecule has 1 aliphatic heterocycles. The molecule has 3 atom stereocenters. The Hall–Kier alpha value is -3.94. The van der Waals surface area contributed by atoms with Gasteiger partial charge in [-0.05, 0) is 62.6 Å². The summed E-state index contributed by atoms with van der Waals surface area (Å²) in [5.74, 6) is -3.05. The minimum atomic E-state index is -1.07. The van der Waals surface area contributed by atoms with Gasteiger partial charge in [0.2, 0.25) is 0 Å². The number of allylic oxidation sites excluding steroid dienone is 3. The lowest BCUT2D eigenvalue weighted by molar-refractivity contribution is -0.152. The van der Waals surface area contributed by atoms with Crippen LogP contribution < -0.4 is 10.1 Å². The van der Waals surface area contributed by atoms with Crippen LogP contribution in [-0.4, -0.2) is 43.0 Å². The topological polar surface area (TPSA) is 104 Å². The molecule has 8 heteroatoms. The van der Waals surface area contributed by atoms with Crippen LogP contribution in [0.4, 0.5) is 0 Å². The number of carbonyl (C=O) groups is 3. The molecule has 8 nitrogen and oxygen atoms in total. The number of nitrogens with zero attached hydrogens (tertiary/aromatic N) is 1. The van der Waals surface area contributed by atoms with Gasteiger partial charge in [0.25, 0.3) is 0 Å². The summed E-state index contributed by atoms with van der Waals surface area (Å²) in [7, 11) is 1.57. The van der Waals surface area contributed by atoms with Crippen LogP contribution in [0.1, 0.15) is 50.2 Å². The zero-order valence-electron chi connectivity index (χ0n) is 20.9. The highest BCUT2D eigenvalue weighted by atomic mass is 16.5. The van der Waals surface area contributed by atoms with Crippen molar-refractivity contribution in [2.24, 2.45) is 5.92 Å². The van der Waals surface area contributed by atoms with E-state index < -0.39 is 29.7 Å². The van der Waals surface area contributed by atoms with Crippen LogP contribution in [0, 0.1) is 5.92 Å². The Morgan fingerprint density at radius 3 is 2.44 bits per heavy atom. The Labute approximate surface area is 210 Å². The predicted octanol–water partition coefficient (Wildman–Crippen LogP) is 3.80. The normalized spacial score (nSPS) is 21.4. The van der Waals surface area contributed by atoms with Gasteiger partial charge in [-0.1, -0.05) is 12.1 Å². The fourth-order valence-electron chi connectivity index (χ4n) is 5.09. The maximum atomic E-state index is 14.2. The molecular formula is C28H30N2O6. The van der Waals surface area contributed by atoms with Crippen molar-refractivity contribution in [2.45, 2.75) is 39.0 Å². The lowest BCUT2D eigenvalue weighted by Gasteiger charge is -2.39. The zero-order valence-corrected chi connectivity index (χ0v) is 20.9. The third kappa shape index (κ3) is 4.63. The number of pyridine rings is 1. The molecule has 0 saturated carbocycles. The molecule has 2 aliphatic rings. The van der Waals surface area contributed by atoms with Gasteiger partial charge in [-0.2, -0.15) is 0 Å². The van der Waals surface area contributed by atoms with Gasteiger partial charge in [0.1, 0.15) is 11.7 Å². The first-order chi connectivity index (χ1) is 17.4. The largest absolute Gasteiger partial charge is 0.497 e. The highest BCUT2D eigenvalue weighted by Crippen LogP contribution is 2.48. The van der Waals surface area contributed by atoms with Crippen LogP contribution in [0.5, 0.6) is 5.75 Å². The number of Topliss-reactive ketones (excluding diaryl/α,β-unsaturated/α-hetero) is 1. The standard InChI is InChI=1S/C28H30N2O6/c1-5-35-27(32)22-16(3)30-21-15-20(18-8-7-9-19(14-18)34-4)24(28(33)36-6-2)26(31)25(21)23(22)17-10-12-29-13-11-17/h7-14,20,23-24,30H,5-6,15H2,1-4H3. The third-order valence-electron chi connectivity index (χ3n) is 6.62.